The van der Waals surface area contributed by atoms with Gasteiger partial charge in [-0.2, -0.15) is 0 Å². The van der Waals surface area contributed by atoms with Gasteiger partial charge in [0.05, 0.1) is 30.0 Å². The fraction of sp³-hybridized carbons (Fsp3) is 0.424. The molecule has 7 nitrogen and oxygen atoms in total. The molecule has 0 radical (unpaired) electrons. The Balaban J connectivity index is 1.59. The first-order chi connectivity index (χ1) is 19.2. The van der Waals surface area contributed by atoms with Crippen molar-refractivity contribution in [1.29, 1.82) is 0 Å². The van der Waals surface area contributed by atoms with Gasteiger partial charge in [0.2, 0.25) is 11.8 Å². The molecule has 2 N–H and O–H groups in total. The lowest BCUT2D eigenvalue weighted by atomic mass is 9.92. The highest BCUT2D eigenvalue weighted by molar-refractivity contribution is 5.86. The van der Waals surface area contributed by atoms with E-state index in [0.29, 0.717) is 32.2 Å². The zero-order valence-corrected chi connectivity index (χ0v) is 23.7. The van der Waals surface area contributed by atoms with E-state index in [2.05, 4.69) is 18.5 Å². The van der Waals surface area contributed by atoms with E-state index in [1.165, 1.54) is 0 Å². The summed E-state index contributed by atoms with van der Waals surface area (Å²) in [5.41, 5.74) is 2.37. The molecule has 40 heavy (non-hydrogen) atoms. The van der Waals surface area contributed by atoms with E-state index >= 15 is 0 Å². The highest BCUT2D eigenvalue weighted by atomic mass is 16.5. The average Bonchev–Trinajstić information content (AvgIpc) is 2.95. The maximum absolute atomic E-state index is 13.4. The van der Waals surface area contributed by atoms with Gasteiger partial charge in [-0.25, -0.2) is 0 Å². The van der Waals surface area contributed by atoms with Gasteiger partial charge >= 0.3 is 5.97 Å². The quantitative estimate of drug-likeness (QED) is 0.271. The predicted molar refractivity (Wildman–Crippen MR) is 156 cm³/mol. The zero-order valence-electron chi connectivity index (χ0n) is 23.7. The number of carbonyl (C=O) groups excluding carboxylic acids is 3. The Hall–Kier alpha value is -3.71. The minimum Gasteiger partial charge on any atom is -0.463 e. The lowest BCUT2D eigenvalue weighted by Gasteiger charge is -2.37. The normalized spacial score (nSPS) is 16.3. The van der Waals surface area contributed by atoms with Crippen LogP contribution in [0.4, 0.5) is 0 Å². The summed E-state index contributed by atoms with van der Waals surface area (Å²) >= 11 is 0. The van der Waals surface area contributed by atoms with Gasteiger partial charge in [-0.05, 0) is 56.2 Å². The largest absolute Gasteiger partial charge is 0.463 e. The van der Waals surface area contributed by atoms with Crippen LogP contribution in [0.25, 0.3) is 0 Å². The molecule has 0 spiro atoms. The van der Waals surface area contributed by atoms with E-state index in [1.807, 2.05) is 54.6 Å². The molecule has 2 amide bonds. The van der Waals surface area contributed by atoms with Crippen molar-refractivity contribution in [2.45, 2.75) is 64.1 Å². The van der Waals surface area contributed by atoms with Gasteiger partial charge in [0.25, 0.3) is 0 Å². The number of amides is 2. The van der Waals surface area contributed by atoms with Crippen LogP contribution in [0.15, 0.2) is 79.9 Å². The van der Waals surface area contributed by atoms with Crippen molar-refractivity contribution < 1.29 is 24.2 Å². The van der Waals surface area contributed by atoms with Gasteiger partial charge in [-0.1, -0.05) is 66.7 Å². The zero-order chi connectivity index (χ0) is 29.1. The Morgan fingerprint density at radius 1 is 1.02 bits per heavy atom. The number of benzene rings is 2. The number of aliphatic hydroxyl groups excluding tert-OH is 1. The number of nitrogens with one attached hydrogen (secondary N) is 1. The van der Waals surface area contributed by atoms with Crippen LogP contribution in [0.2, 0.25) is 0 Å². The maximum atomic E-state index is 13.4. The number of ether oxygens (including phenoxy) is 1. The molecule has 0 bridgehead atoms. The number of esters is 1. The fourth-order valence-electron chi connectivity index (χ4n) is 5.06. The third kappa shape index (κ3) is 8.65. The van der Waals surface area contributed by atoms with Crippen molar-refractivity contribution in [2.75, 3.05) is 13.2 Å². The molecule has 2 aromatic rings. The molecule has 3 atom stereocenters. The molecule has 2 aromatic carbocycles. The Kier molecular flexibility index (Phi) is 11.3. The standard InChI is InChI=1S/C33H42N2O5/c1-5-12-26(20-30(37)35-21-28-17-11-10-16-25(28)19-29(35)22-36)31(38)34-33(3,4)23-40-32(39)27(13-6-2)18-24-14-8-7-9-15-24/h5-11,14-17,26-27,29,36H,1-2,12-13,18-23H2,3-4H3,(H,34,38). The second-order valence-corrected chi connectivity index (χ2v) is 11.1. The monoisotopic (exact) mass is 546 g/mol. The lowest BCUT2D eigenvalue weighted by Crippen LogP contribution is -2.51. The van der Waals surface area contributed by atoms with Gasteiger partial charge in [0.15, 0.2) is 0 Å². The molecule has 0 fully saturated rings. The second kappa shape index (κ2) is 14.6. The fourth-order valence-corrected chi connectivity index (χ4v) is 5.06. The summed E-state index contributed by atoms with van der Waals surface area (Å²) in [6.07, 6.45) is 5.25. The minimum atomic E-state index is -0.849. The Labute approximate surface area is 237 Å². The number of rotatable bonds is 14. The smallest absolute Gasteiger partial charge is 0.309 e. The van der Waals surface area contributed by atoms with Crippen LogP contribution in [0.3, 0.4) is 0 Å². The third-order valence-electron chi connectivity index (χ3n) is 7.28. The van der Waals surface area contributed by atoms with E-state index in [-0.39, 0.29) is 49.4 Å². The molecule has 214 valence electrons. The summed E-state index contributed by atoms with van der Waals surface area (Å²) in [7, 11) is 0. The molecular weight excluding hydrogens is 504 g/mol. The van der Waals surface area contributed by atoms with E-state index in [0.717, 1.165) is 16.7 Å². The van der Waals surface area contributed by atoms with Crippen LogP contribution in [0, 0.1) is 11.8 Å². The molecule has 1 aliphatic rings. The average molecular weight is 547 g/mol. The Bertz CT molecular complexity index is 1180. The summed E-state index contributed by atoms with van der Waals surface area (Å²) in [5.74, 6) is -1.84. The summed E-state index contributed by atoms with van der Waals surface area (Å²) in [4.78, 5) is 41.2. The Morgan fingerprint density at radius 2 is 1.65 bits per heavy atom. The topological polar surface area (TPSA) is 95.9 Å². The SMILES string of the molecule is C=CCC(CC(=O)N1Cc2ccccc2CC1CO)C(=O)NC(C)(C)COC(=O)C(CC=C)Cc1ccccc1. The van der Waals surface area contributed by atoms with Gasteiger partial charge in [0.1, 0.15) is 6.61 Å². The van der Waals surface area contributed by atoms with Crippen molar-refractivity contribution in [3.05, 3.63) is 96.6 Å². The number of hydrogen-bond acceptors (Lipinski definition) is 5. The molecule has 0 saturated heterocycles. The van der Waals surface area contributed by atoms with E-state index in [9.17, 15) is 19.5 Å². The van der Waals surface area contributed by atoms with Gasteiger partial charge in [-0.3, -0.25) is 14.4 Å². The summed E-state index contributed by atoms with van der Waals surface area (Å²) in [6.45, 7) is 11.4. The Morgan fingerprint density at radius 3 is 2.30 bits per heavy atom. The van der Waals surface area contributed by atoms with Crippen molar-refractivity contribution in [2.24, 2.45) is 11.8 Å². The van der Waals surface area contributed by atoms with Crippen molar-refractivity contribution in [1.82, 2.24) is 10.2 Å². The molecule has 1 heterocycles. The van der Waals surface area contributed by atoms with Crippen LogP contribution in [-0.2, 0) is 38.5 Å². The first kappa shape index (κ1) is 30.8. The molecule has 1 aliphatic heterocycles. The summed E-state index contributed by atoms with van der Waals surface area (Å²) < 4.78 is 5.65. The highest BCUT2D eigenvalue weighted by Crippen LogP contribution is 2.25. The van der Waals surface area contributed by atoms with E-state index in [4.69, 9.17) is 4.74 Å². The number of carbonyl (C=O) groups is 3. The first-order valence-electron chi connectivity index (χ1n) is 13.9. The summed E-state index contributed by atoms with van der Waals surface area (Å²) in [6, 6.07) is 17.3. The minimum absolute atomic E-state index is 0.00906. The van der Waals surface area contributed by atoms with Crippen LogP contribution in [0.5, 0.6) is 0 Å². The van der Waals surface area contributed by atoms with Crippen LogP contribution >= 0.6 is 0 Å². The predicted octanol–water partition coefficient (Wildman–Crippen LogP) is 4.39. The molecule has 0 aromatic heterocycles. The van der Waals surface area contributed by atoms with Crippen molar-refractivity contribution >= 4 is 17.8 Å². The summed E-state index contributed by atoms with van der Waals surface area (Å²) in [5, 5.41) is 12.9. The van der Waals surface area contributed by atoms with E-state index in [1.54, 1.807) is 30.9 Å². The molecule has 3 unspecified atom stereocenters. The van der Waals surface area contributed by atoms with Crippen LogP contribution in [-0.4, -0.2) is 52.6 Å². The third-order valence-corrected chi connectivity index (χ3v) is 7.28. The number of allylic oxidation sites excluding steroid dienone is 2. The van der Waals surface area contributed by atoms with Gasteiger partial charge in [-0.15, -0.1) is 13.2 Å². The van der Waals surface area contributed by atoms with Crippen molar-refractivity contribution in [3.63, 3.8) is 0 Å². The van der Waals surface area contributed by atoms with Gasteiger partial charge in [0, 0.05) is 13.0 Å². The van der Waals surface area contributed by atoms with Crippen LogP contribution in [0.1, 0.15) is 49.8 Å². The molecule has 0 aliphatic carbocycles. The highest BCUT2D eigenvalue weighted by Gasteiger charge is 2.33. The second-order valence-electron chi connectivity index (χ2n) is 11.1. The molecule has 0 saturated carbocycles. The molecular formula is C33H42N2O5. The van der Waals surface area contributed by atoms with Crippen molar-refractivity contribution in [3.8, 4) is 0 Å². The maximum Gasteiger partial charge on any atom is 0.309 e. The van der Waals surface area contributed by atoms with Gasteiger partial charge < -0.3 is 20.1 Å². The van der Waals surface area contributed by atoms with Crippen LogP contribution < -0.4 is 5.32 Å². The number of fused-ring (bicyclic) bond motifs is 1. The molecule has 7 heteroatoms. The number of hydrogen-bond donors (Lipinski definition) is 2. The molecule has 3 rings (SSSR count). The number of aliphatic hydroxyl groups is 1. The van der Waals surface area contributed by atoms with E-state index < -0.39 is 11.5 Å². The lowest BCUT2D eigenvalue weighted by molar-refractivity contribution is -0.151. The number of nitrogens with zero attached hydrogens (tertiary/aromatic N) is 1. The first-order valence-corrected chi connectivity index (χ1v) is 13.9.